The van der Waals surface area contributed by atoms with Gasteiger partial charge in [0.1, 0.15) is 5.75 Å². The lowest BCUT2D eigenvalue weighted by molar-refractivity contribution is -0.130. The summed E-state index contributed by atoms with van der Waals surface area (Å²) in [4.78, 5) is 17.0. The quantitative estimate of drug-likeness (QED) is 0.721. The topological polar surface area (TPSA) is 55.8 Å². The Hall–Kier alpha value is -2.53. The summed E-state index contributed by atoms with van der Waals surface area (Å²) in [5.74, 6) is 1.35. The molecule has 0 aromatic heterocycles. The lowest BCUT2D eigenvalue weighted by Gasteiger charge is -2.36. The number of nitrogens with zero attached hydrogens (tertiary/aromatic N) is 2. The molecule has 2 aromatic carbocycles. The molecule has 2 N–H and O–H groups in total. The molecule has 0 spiro atoms. The van der Waals surface area contributed by atoms with Crippen LogP contribution in [0.3, 0.4) is 0 Å². The van der Waals surface area contributed by atoms with E-state index >= 15 is 0 Å². The fourth-order valence-electron chi connectivity index (χ4n) is 4.01. The highest BCUT2D eigenvalue weighted by molar-refractivity contribution is 5.78. The average molecular weight is 410 g/mol. The zero-order valence-electron chi connectivity index (χ0n) is 18.6. The van der Waals surface area contributed by atoms with Crippen molar-refractivity contribution in [1.29, 1.82) is 0 Å². The van der Waals surface area contributed by atoms with Crippen molar-refractivity contribution in [2.75, 3.05) is 37.6 Å². The van der Waals surface area contributed by atoms with Crippen LogP contribution in [0.1, 0.15) is 50.8 Å². The number of aromatic hydroxyl groups is 1. The predicted octanol–water partition coefficient (Wildman–Crippen LogP) is 4.15. The second kappa shape index (κ2) is 9.98. The monoisotopic (exact) mass is 409 g/mol. The van der Waals surface area contributed by atoms with E-state index in [1.165, 1.54) is 11.1 Å². The molecule has 30 heavy (non-hydrogen) atoms. The maximum Gasteiger partial charge on any atom is 0.236 e. The smallest absolute Gasteiger partial charge is 0.236 e. The van der Waals surface area contributed by atoms with Crippen LogP contribution in [-0.2, 0) is 4.79 Å². The van der Waals surface area contributed by atoms with Crippen molar-refractivity contribution in [1.82, 2.24) is 10.2 Å². The van der Waals surface area contributed by atoms with Crippen LogP contribution in [0.5, 0.6) is 5.75 Å². The standard InChI is InChI=1S/C25H35N3O2/c1-18(2)20-5-7-21(8-6-20)25(19(3)4)26-17-24(30)28-15-13-27(14-16-28)22-9-11-23(29)12-10-22/h5-12,18-19,25-26,29H,13-17H2,1-4H3/t25-/m0/s1. The third-order valence-corrected chi connectivity index (χ3v) is 5.95. The van der Waals surface area contributed by atoms with Gasteiger partial charge in [-0.15, -0.1) is 0 Å². The lowest BCUT2D eigenvalue weighted by Crippen LogP contribution is -2.51. The molecular weight excluding hydrogens is 374 g/mol. The largest absolute Gasteiger partial charge is 0.508 e. The number of rotatable bonds is 7. The van der Waals surface area contributed by atoms with E-state index in [4.69, 9.17) is 0 Å². The molecule has 5 heteroatoms. The van der Waals surface area contributed by atoms with Crippen LogP contribution in [0.2, 0.25) is 0 Å². The first-order valence-electron chi connectivity index (χ1n) is 11.0. The molecule has 1 aliphatic rings. The summed E-state index contributed by atoms with van der Waals surface area (Å²) in [6, 6.07) is 16.2. The Kier molecular flexibility index (Phi) is 7.38. The summed E-state index contributed by atoms with van der Waals surface area (Å²) >= 11 is 0. The van der Waals surface area contributed by atoms with Gasteiger partial charge in [0.15, 0.2) is 0 Å². The van der Waals surface area contributed by atoms with E-state index < -0.39 is 0 Å². The van der Waals surface area contributed by atoms with Gasteiger partial charge in [0.05, 0.1) is 6.54 Å². The zero-order valence-corrected chi connectivity index (χ0v) is 18.6. The number of anilines is 1. The van der Waals surface area contributed by atoms with Crippen LogP contribution in [0.25, 0.3) is 0 Å². The van der Waals surface area contributed by atoms with Gasteiger partial charge in [0.2, 0.25) is 5.91 Å². The molecule has 1 aliphatic heterocycles. The van der Waals surface area contributed by atoms with Gasteiger partial charge in [-0.3, -0.25) is 4.79 Å². The average Bonchev–Trinajstić information content (AvgIpc) is 2.74. The molecular formula is C25H35N3O2. The van der Waals surface area contributed by atoms with Crippen LogP contribution in [0.15, 0.2) is 48.5 Å². The van der Waals surface area contributed by atoms with Gasteiger partial charge in [-0.05, 0) is 47.2 Å². The number of hydrogen-bond donors (Lipinski definition) is 2. The second-order valence-electron chi connectivity index (χ2n) is 8.81. The summed E-state index contributed by atoms with van der Waals surface area (Å²) in [5, 5.41) is 13.0. The van der Waals surface area contributed by atoms with Crippen molar-refractivity contribution in [3.8, 4) is 5.75 Å². The van der Waals surface area contributed by atoms with Crippen LogP contribution in [-0.4, -0.2) is 48.6 Å². The van der Waals surface area contributed by atoms with Gasteiger partial charge in [-0.1, -0.05) is 52.0 Å². The molecule has 1 saturated heterocycles. The number of carbonyl (C=O) groups is 1. The molecule has 0 bridgehead atoms. The first-order valence-corrected chi connectivity index (χ1v) is 11.0. The lowest BCUT2D eigenvalue weighted by atomic mass is 9.93. The van der Waals surface area contributed by atoms with E-state index in [0.29, 0.717) is 18.4 Å². The van der Waals surface area contributed by atoms with Gasteiger partial charge in [-0.25, -0.2) is 0 Å². The normalized spacial score (nSPS) is 15.7. The molecule has 0 saturated carbocycles. The second-order valence-corrected chi connectivity index (χ2v) is 8.81. The fourth-order valence-corrected chi connectivity index (χ4v) is 4.01. The zero-order chi connectivity index (χ0) is 21.7. The Labute approximate surface area is 180 Å². The van der Waals surface area contributed by atoms with Crippen LogP contribution < -0.4 is 10.2 Å². The highest BCUT2D eigenvalue weighted by Gasteiger charge is 2.23. The molecule has 1 fully saturated rings. The number of carbonyl (C=O) groups excluding carboxylic acids is 1. The molecule has 0 aliphatic carbocycles. The SMILES string of the molecule is CC(C)c1ccc([C@@H](NCC(=O)N2CCN(c3ccc(O)cc3)CC2)C(C)C)cc1. The first kappa shape index (κ1) is 22.2. The molecule has 3 rings (SSSR count). The van der Waals surface area contributed by atoms with Gasteiger partial charge < -0.3 is 20.2 Å². The van der Waals surface area contributed by atoms with Crippen LogP contribution in [0, 0.1) is 5.92 Å². The third kappa shape index (κ3) is 5.54. The summed E-state index contributed by atoms with van der Waals surface area (Å²) in [5.41, 5.74) is 3.66. The summed E-state index contributed by atoms with van der Waals surface area (Å²) in [7, 11) is 0. The van der Waals surface area contributed by atoms with Gasteiger partial charge in [-0.2, -0.15) is 0 Å². The number of hydrogen-bond acceptors (Lipinski definition) is 4. The molecule has 5 nitrogen and oxygen atoms in total. The molecule has 1 amide bonds. The van der Waals surface area contributed by atoms with Gasteiger partial charge in [0.25, 0.3) is 0 Å². The predicted molar refractivity (Wildman–Crippen MR) is 123 cm³/mol. The van der Waals surface area contributed by atoms with Crippen molar-refractivity contribution in [3.05, 3.63) is 59.7 Å². The van der Waals surface area contributed by atoms with Crippen molar-refractivity contribution < 1.29 is 9.90 Å². The minimum Gasteiger partial charge on any atom is -0.508 e. The van der Waals surface area contributed by atoms with Crippen molar-refractivity contribution >= 4 is 11.6 Å². The maximum absolute atomic E-state index is 12.8. The van der Waals surface area contributed by atoms with Gasteiger partial charge >= 0.3 is 0 Å². The molecule has 2 aromatic rings. The highest BCUT2D eigenvalue weighted by atomic mass is 16.3. The molecule has 0 radical (unpaired) electrons. The van der Waals surface area contributed by atoms with E-state index in [1.807, 2.05) is 17.0 Å². The number of benzene rings is 2. The Morgan fingerprint density at radius 1 is 0.900 bits per heavy atom. The van der Waals surface area contributed by atoms with Crippen LogP contribution in [0.4, 0.5) is 5.69 Å². The summed E-state index contributed by atoms with van der Waals surface area (Å²) < 4.78 is 0. The highest BCUT2D eigenvalue weighted by Crippen LogP contribution is 2.24. The minimum atomic E-state index is 0.157. The van der Waals surface area contributed by atoms with Crippen molar-refractivity contribution in [3.63, 3.8) is 0 Å². The molecule has 1 heterocycles. The Morgan fingerprint density at radius 3 is 2.00 bits per heavy atom. The van der Waals surface area contributed by atoms with E-state index in [2.05, 4.69) is 62.2 Å². The number of nitrogens with one attached hydrogen (secondary N) is 1. The number of piperazine rings is 1. The van der Waals surface area contributed by atoms with E-state index in [0.717, 1.165) is 31.9 Å². The van der Waals surface area contributed by atoms with E-state index in [-0.39, 0.29) is 17.7 Å². The molecule has 0 unspecified atom stereocenters. The number of phenolic OH excluding ortho intramolecular Hbond substituents is 1. The maximum atomic E-state index is 12.8. The molecule has 162 valence electrons. The molecule has 1 atom stereocenters. The van der Waals surface area contributed by atoms with E-state index in [9.17, 15) is 9.90 Å². The van der Waals surface area contributed by atoms with Crippen LogP contribution >= 0.6 is 0 Å². The van der Waals surface area contributed by atoms with Crippen molar-refractivity contribution in [2.45, 2.75) is 39.7 Å². The van der Waals surface area contributed by atoms with Gasteiger partial charge in [0, 0.05) is 37.9 Å². The third-order valence-electron chi connectivity index (χ3n) is 5.95. The first-order chi connectivity index (χ1) is 14.3. The minimum absolute atomic E-state index is 0.157. The Bertz CT molecular complexity index is 807. The summed E-state index contributed by atoms with van der Waals surface area (Å²) in [6.07, 6.45) is 0. The Morgan fingerprint density at radius 2 is 1.47 bits per heavy atom. The number of amides is 1. The van der Waals surface area contributed by atoms with Crippen molar-refractivity contribution in [2.24, 2.45) is 5.92 Å². The number of phenols is 1. The summed E-state index contributed by atoms with van der Waals surface area (Å²) in [6.45, 7) is 12.2. The fraction of sp³-hybridized carbons (Fsp3) is 0.480. The van der Waals surface area contributed by atoms with E-state index in [1.54, 1.807) is 12.1 Å². The Balaban J connectivity index is 1.53.